The molecule has 0 spiro atoms. The number of nitrogens with one attached hydrogen (secondary N) is 1. The molecule has 3 rings (SSSR count). The van der Waals surface area contributed by atoms with E-state index in [1.807, 2.05) is 19.1 Å². The first-order chi connectivity index (χ1) is 10.0. The van der Waals surface area contributed by atoms with Crippen molar-refractivity contribution in [3.63, 3.8) is 0 Å². The normalized spacial score (nSPS) is 12.5. The predicted molar refractivity (Wildman–Crippen MR) is 88.1 cm³/mol. The first-order valence-corrected chi connectivity index (χ1v) is 7.94. The second-order valence-electron chi connectivity index (χ2n) is 4.79. The molecule has 0 fully saturated rings. The van der Waals surface area contributed by atoms with Crippen LogP contribution in [0.3, 0.4) is 0 Å². The van der Waals surface area contributed by atoms with Crippen molar-refractivity contribution >= 4 is 37.5 Å². The van der Waals surface area contributed by atoms with Gasteiger partial charge in [-0.25, -0.2) is 0 Å². The lowest BCUT2D eigenvalue weighted by Gasteiger charge is -2.13. The Morgan fingerprint density at radius 1 is 1.10 bits per heavy atom. The van der Waals surface area contributed by atoms with Gasteiger partial charge in [0.15, 0.2) is 11.5 Å². The Balaban J connectivity index is 1.83. The maximum absolute atomic E-state index is 10.0. The van der Waals surface area contributed by atoms with Crippen LogP contribution in [-0.4, -0.2) is 11.9 Å². The molecule has 0 radical (unpaired) electrons. The lowest BCUT2D eigenvalue weighted by Crippen LogP contribution is -2.01. The third-order valence-electron chi connectivity index (χ3n) is 3.22. The molecule has 0 atom stereocenters. The first kappa shape index (κ1) is 14.5. The average Bonchev–Trinajstić information content (AvgIpc) is 2.84. The van der Waals surface area contributed by atoms with Crippen molar-refractivity contribution in [1.82, 2.24) is 0 Å². The summed E-state index contributed by atoms with van der Waals surface area (Å²) < 4.78 is 12.5. The fraction of sp³-hybridized carbons (Fsp3) is 0.200. The molecule has 0 saturated heterocycles. The van der Waals surface area contributed by atoms with E-state index in [0.29, 0.717) is 18.0 Å². The van der Waals surface area contributed by atoms with Gasteiger partial charge in [0.2, 0.25) is 6.79 Å². The molecule has 0 aromatic heterocycles. The molecular weight excluding hydrogens is 402 g/mol. The van der Waals surface area contributed by atoms with Crippen LogP contribution >= 0.6 is 31.9 Å². The van der Waals surface area contributed by atoms with Crippen molar-refractivity contribution < 1.29 is 14.6 Å². The fourth-order valence-corrected chi connectivity index (χ4v) is 3.86. The second kappa shape index (κ2) is 5.77. The molecule has 2 aromatic carbocycles. The molecule has 110 valence electrons. The summed E-state index contributed by atoms with van der Waals surface area (Å²) in [5.41, 5.74) is 2.85. The highest BCUT2D eigenvalue weighted by Crippen LogP contribution is 2.38. The monoisotopic (exact) mass is 413 g/mol. The number of ether oxygens (including phenoxy) is 2. The predicted octanol–water partition coefficient (Wildman–Crippen LogP) is 4.57. The van der Waals surface area contributed by atoms with Crippen molar-refractivity contribution in [3.05, 3.63) is 44.3 Å². The summed E-state index contributed by atoms with van der Waals surface area (Å²) in [7, 11) is 0. The van der Waals surface area contributed by atoms with Gasteiger partial charge < -0.3 is 19.9 Å². The van der Waals surface area contributed by atoms with Crippen LogP contribution in [0.2, 0.25) is 0 Å². The molecule has 6 heteroatoms. The number of aromatic hydroxyl groups is 1. The van der Waals surface area contributed by atoms with Gasteiger partial charge in [0.1, 0.15) is 5.75 Å². The summed E-state index contributed by atoms with van der Waals surface area (Å²) in [6.45, 7) is 2.70. The zero-order valence-electron chi connectivity index (χ0n) is 11.2. The third-order valence-corrected chi connectivity index (χ3v) is 4.47. The van der Waals surface area contributed by atoms with E-state index < -0.39 is 0 Å². The molecule has 0 amide bonds. The van der Waals surface area contributed by atoms with Crippen molar-refractivity contribution in [3.8, 4) is 17.2 Å². The quantitative estimate of drug-likeness (QED) is 0.772. The van der Waals surface area contributed by atoms with Crippen molar-refractivity contribution in [2.45, 2.75) is 13.5 Å². The van der Waals surface area contributed by atoms with Crippen molar-refractivity contribution in [2.24, 2.45) is 0 Å². The lowest BCUT2D eigenvalue weighted by atomic mass is 10.1. The van der Waals surface area contributed by atoms with Gasteiger partial charge in [0.25, 0.3) is 0 Å². The van der Waals surface area contributed by atoms with Crippen LogP contribution in [0.25, 0.3) is 0 Å². The topological polar surface area (TPSA) is 50.7 Å². The van der Waals surface area contributed by atoms with E-state index in [-0.39, 0.29) is 12.5 Å². The summed E-state index contributed by atoms with van der Waals surface area (Å²) in [6.07, 6.45) is 0. The Labute approximate surface area is 139 Å². The molecule has 4 nitrogen and oxygen atoms in total. The molecule has 1 aliphatic rings. The Morgan fingerprint density at radius 3 is 2.38 bits per heavy atom. The summed E-state index contributed by atoms with van der Waals surface area (Å²) in [6, 6.07) is 7.44. The minimum atomic E-state index is 0.186. The Hall–Kier alpha value is -1.40. The number of halogens is 2. The molecule has 2 N–H and O–H groups in total. The highest BCUT2D eigenvalue weighted by atomic mass is 79.9. The number of hydrogen-bond donors (Lipinski definition) is 2. The van der Waals surface area contributed by atoms with Crippen LogP contribution < -0.4 is 14.8 Å². The van der Waals surface area contributed by atoms with E-state index >= 15 is 0 Å². The van der Waals surface area contributed by atoms with Crippen LogP contribution in [0, 0.1) is 6.92 Å². The molecular formula is C15H13Br2NO3. The number of phenolic OH excluding ortho intramolecular Hbond substituents is 1. The summed E-state index contributed by atoms with van der Waals surface area (Å²) >= 11 is 7.08. The largest absolute Gasteiger partial charge is 0.507 e. The molecule has 0 saturated carbocycles. The minimum absolute atomic E-state index is 0.186. The second-order valence-corrected chi connectivity index (χ2v) is 6.50. The number of anilines is 1. The van der Waals surface area contributed by atoms with E-state index in [0.717, 1.165) is 25.8 Å². The third kappa shape index (κ3) is 2.96. The zero-order valence-corrected chi connectivity index (χ0v) is 14.4. The summed E-state index contributed by atoms with van der Waals surface area (Å²) in [5.74, 6) is 1.42. The highest BCUT2D eigenvalue weighted by molar-refractivity contribution is 9.11. The van der Waals surface area contributed by atoms with Crippen LogP contribution in [0.15, 0.2) is 33.2 Å². The van der Waals surface area contributed by atoms with Crippen LogP contribution in [0.1, 0.15) is 11.1 Å². The lowest BCUT2D eigenvalue weighted by molar-refractivity contribution is 0.174. The van der Waals surface area contributed by atoms with Gasteiger partial charge in [0, 0.05) is 27.1 Å². The molecule has 0 unspecified atom stereocenters. The van der Waals surface area contributed by atoms with Gasteiger partial charge in [-0.3, -0.25) is 0 Å². The van der Waals surface area contributed by atoms with E-state index in [9.17, 15) is 5.11 Å². The number of benzene rings is 2. The van der Waals surface area contributed by atoms with Gasteiger partial charge in [-0.2, -0.15) is 0 Å². The van der Waals surface area contributed by atoms with E-state index in [2.05, 4.69) is 37.2 Å². The molecule has 21 heavy (non-hydrogen) atoms. The van der Waals surface area contributed by atoms with Crippen LogP contribution in [0.5, 0.6) is 17.2 Å². The molecule has 0 aliphatic carbocycles. The number of aryl methyl sites for hydroxylation is 1. The number of phenols is 1. The Morgan fingerprint density at radius 2 is 1.71 bits per heavy atom. The number of rotatable bonds is 3. The van der Waals surface area contributed by atoms with Gasteiger partial charge in [-0.1, -0.05) is 0 Å². The van der Waals surface area contributed by atoms with E-state index in [1.54, 1.807) is 12.1 Å². The Kier molecular flexibility index (Phi) is 3.99. The van der Waals surface area contributed by atoms with Crippen LogP contribution in [0.4, 0.5) is 5.69 Å². The maximum Gasteiger partial charge on any atom is 0.231 e. The number of hydrogen-bond acceptors (Lipinski definition) is 4. The fourth-order valence-electron chi connectivity index (χ4n) is 2.17. The average molecular weight is 415 g/mol. The molecule has 1 heterocycles. The number of fused-ring (bicyclic) bond motifs is 1. The van der Waals surface area contributed by atoms with Crippen LogP contribution in [-0.2, 0) is 6.54 Å². The maximum atomic E-state index is 10.0. The first-order valence-electron chi connectivity index (χ1n) is 6.35. The molecule has 0 bridgehead atoms. The van der Waals surface area contributed by atoms with Gasteiger partial charge in [-0.05, 0) is 62.5 Å². The van der Waals surface area contributed by atoms with Gasteiger partial charge in [0.05, 0.1) is 5.69 Å². The summed E-state index contributed by atoms with van der Waals surface area (Å²) in [4.78, 5) is 0. The van der Waals surface area contributed by atoms with Crippen molar-refractivity contribution in [2.75, 3.05) is 12.1 Å². The van der Waals surface area contributed by atoms with Gasteiger partial charge >= 0.3 is 0 Å². The standard InChI is InChI=1S/C15H13Br2NO3/c1-8-2-10(16)15(11(17)3-8)18-6-9-4-13-14(5-12(9)19)21-7-20-13/h2-5,18-19H,6-7H2,1H3. The van der Waals surface area contributed by atoms with Gasteiger partial charge in [-0.15, -0.1) is 0 Å². The SMILES string of the molecule is Cc1cc(Br)c(NCc2cc3c(cc2O)OCO3)c(Br)c1. The zero-order chi connectivity index (χ0) is 15.0. The van der Waals surface area contributed by atoms with Crippen molar-refractivity contribution in [1.29, 1.82) is 0 Å². The van der Waals surface area contributed by atoms with E-state index in [1.165, 1.54) is 0 Å². The minimum Gasteiger partial charge on any atom is -0.507 e. The van der Waals surface area contributed by atoms with E-state index in [4.69, 9.17) is 9.47 Å². The smallest absolute Gasteiger partial charge is 0.231 e. The Bertz CT molecular complexity index is 681. The molecule has 1 aliphatic heterocycles. The molecule has 2 aromatic rings. The summed E-state index contributed by atoms with van der Waals surface area (Å²) in [5, 5.41) is 13.3. The highest BCUT2D eigenvalue weighted by Gasteiger charge is 2.17.